The Bertz CT molecular complexity index is 267. The fourth-order valence-corrected chi connectivity index (χ4v) is 2.38. The van der Waals surface area contributed by atoms with E-state index in [1.807, 2.05) is 6.08 Å². The van der Waals surface area contributed by atoms with E-state index < -0.39 is 0 Å². The number of Topliss-reactive ketones (excluding diaryl/α,β-unsaturated/α-hetero) is 1. The number of nitrogens with one attached hydrogen (secondary N) is 1. The van der Waals surface area contributed by atoms with Crippen molar-refractivity contribution in [3.8, 4) is 0 Å². The van der Waals surface area contributed by atoms with E-state index in [0.717, 1.165) is 38.3 Å². The van der Waals surface area contributed by atoms with Gasteiger partial charge in [-0.25, -0.2) is 0 Å². The van der Waals surface area contributed by atoms with Gasteiger partial charge in [-0.05, 0) is 57.2 Å². The van der Waals surface area contributed by atoms with Crippen molar-refractivity contribution in [3.05, 3.63) is 11.8 Å². The zero-order valence-corrected chi connectivity index (χ0v) is 9.84. The Labute approximate surface area is 97.2 Å². The lowest BCUT2D eigenvalue weighted by Gasteiger charge is -2.22. The minimum atomic E-state index is 0.207. The normalized spacial score (nSPS) is 22.4. The van der Waals surface area contributed by atoms with Crippen LogP contribution in [0, 0.1) is 5.92 Å². The van der Waals surface area contributed by atoms with Crippen molar-refractivity contribution >= 4 is 5.78 Å². The average molecular weight is 223 g/mol. The molecule has 1 saturated heterocycles. The van der Waals surface area contributed by atoms with E-state index in [4.69, 9.17) is 4.74 Å². The van der Waals surface area contributed by atoms with Crippen LogP contribution in [0.3, 0.4) is 0 Å². The van der Waals surface area contributed by atoms with Gasteiger partial charge in [0.05, 0.1) is 6.61 Å². The standard InChI is InChI=1S/C13H21NO2/c15-12(13-3-1-2-10-16-13)5-4-11-6-8-14-9-7-11/h3,11,14H,1-2,4-10H2. The fourth-order valence-electron chi connectivity index (χ4n) is 2.38. The minimum Gasteiger partial charge on any atom is -0.490 e. The van der Waals surface area contributed by atoms with Gasteiger partial charge in [-0.2, -0.15) is 0 Å². The van der Waals surface area contributed by atoms with E-state index in [0.29, 0.717) is 18.8 Å². The molecule has 3 nitrogen and oxygen atoms in total. The van der Waals surface area contributed by atoms with E-state index in [2.05, 4.69) is 5.32 Å². The summed E-state index contributed by atoms with van der Waals surface area (Å²) in [6, 6.07) is 0. The summed E-state index contributed by atoms with van der Waals surface area (Å²) in [4.78, 5) is 11.8. The summed E-state index contributed by atoms with van der Waals surface area (Å²) < 4.78 is 5.38. The number of piperidine rings is 1. The first-order valence-corrected chi connectivity index (χ1v) is 6.43. The molecule has 0 unspecified atom stereocenters. The molecule has 0 atom stereocenters. The Kier molecular flexibility index (Phi) is 4.40. The Morgan fingerprint density at radius 3 is 2.94 bits per heavy atom. The molecule has 0 saturated carbocycles. The van der Waals surface area contributed by atoms with Crippen LogP contribution in [-0.4, -0.2) is 25.5 Å². The van der Waals surface area contributed by atoms with Crippen LogP contribution in [0.2, 0.25) is 0 Å². The number of hydrogen-bond donors (Lipinski definition) is 1. The molecule has 0 aromatic heterocycles. The number of allylic oxidation sites excluding steroid dienone is 2. The lowest BCUT2D eigenvalue weighted by atomic mass is 9.92. The maximum absolute atomic E-state index is 11.8. The van der Waals surface area contributed by atoms with Gasteiger partial charge in [0.2, 0.25) is 0 Å². The van der Waals surface area contributed by atoms with Gasteiger partial charge >= 0.3 is 0 Å². The number of carbonyl (C=O) groups excluding carboxylic acids is 1. The van der Waals surface area contributed by atoms with E-state index in [-0.39, 0.29) is 5.78 Å². The molecular weight excluding hydrogens is 202 g/mol. The first-order valence-electron chi connectivity index (χ1n) is 6.43. The zero-order valence-electron chi connectivity index (χ0n) is 9.84. The van der Waals surface area contributed by atoms with Gasteiger partial charge in [-0.15, -0.1) is 0 Å². The number of carbonyl (C=O) groups is 1. The highest BCUT2D eigenvalue weighted by Crippen LogP contribution is 2.20. The average Bonchev–Trinajstić information content (AvgIpc) is 2.38. The SMILES string of the molecule is O=C(CCC1CCNCC1)C1=CCCCO1. The maximum atomic E-state index is 11.8. The zero-order chi connectivity index (χ0) is 11.2. The summed E-state index contributed by atoms with van der Waals surface area (Å²) in [5.41, 5.74) is 0. The molecule has 2 rings (SSSR count). The molecule has 0 aromatic rings. The largest absolute Gasteiger partial charge is 0.490 e. The summed E-state index contributed by atoms with van der Waals surface area (Å²) in [5.74, 6) is 1.56. The summed E-state index contributed by atoms with van der Waals surface area (Å²) in [7, 11) is 0. The number of ether oxygens (including phenoxy) is 1. The van der Waals surface area contributed by atoms with Crippen LogP contribution in [0.5, 0.6) is 0 Å². The third kappa shape index (κ3) is 3.34. The van der Waals surface area contributed by atoms with Gasteiger partial charge in [0.25, 0.3) is 0 Å². The van der Waals surface area contributed by atoms with Gasteiger partial charge in [-0.3, -0.25) is 4.79 Å². The molecule has 1 fully saturated rings. The molecule has 0 spiro atoms. The smallest absolute Gasteiger partial charge is 0.197 e. The van der Waals surface area contributed by atoms with Crippen molar-refractivity contribution < 1.29 is 9.53 Å². The molecule has 1 N–H and O–H groups in total. The van der Waals surface area contributed by atoms with E-state index >= 15 is 0 Å². The van der Waals surface area contributed by atoms with Crippen LogP contribution in [0.1, 0.15) is 38.5 Å². The summed E-state index contributed by atoms with van der Waals surface area (Å²) in [5, 5.41) is 3.34. The van der Waals surface area contributed by atoms with Crippen LogP contribution in [-0.2, 0) is 9.53 Å². The fraction of sp³-hybridized carbons (Fsp3) is 0.769. The molecule has 0 bridgehead atoms. The van der Waals surface area contributed by atoms with E-state index in [9.17, 15) is 4.79 Å². The monoisotopic (exact) mass is 223 g/mol. The molecular formula is C13H21NO2. The molecule has 16 heavy (non-hydrogen) atoms. The summed E-state index contributed by atoms with van der Waals surface area (Å²) in [6.45, 7) is 2.93. The predicted octanol–water partition coefficient (Wildman–Crippen LogP) is 2.03. The third-order valence-corrected chi connectivity index (χ3v) is 3.45. The number of ketones is 1. The lowest BCUT2D eigenvalue weighted by Crippen LogP contribution is -2.28. The molecule has 0 aliphatic carbocycles. The Hall–Kier alpha value is -0.830. The highest BCUT2D eigenvalue weighted by Gasteiger charge is 2.18. The van der Waals surface area contributed by atoms with Crippen LogP contribution >= 0.6 is 0 Å². The van der Waals surface area contributed by atoms with E-state index in [1.165, 1.54) is 12.8 Å². The Morgan fingerprint density at radius 1 is 1.44 bits per heavy atom. The van der Waals surface area contributed by atoms with Crippen molar-refractivity contribution in [2.75, 3.05) is 19.7 Å². The maximum Gasteiger partial charge on any atom is 0.197 e. The second-order valence-electron chi connectivity index (χ2n) is 4.71. The van der Waals surface area contributed by atoms with Gasteiger partial charge < -0.3 is 10.1 Å². The molecule has 2 aliphatic rings. The van der Waals surface area contributed by atoms with Crippen LogP contribution in [0.25, 0.3) is 0 Å². The molecule has 0 aromatic carbocycles. The second-order valence-corrected chi connectivity index (χ2v) is 4.71. The van der Waals surface area contributed by atoms with Crippen LogP contribution in [0.4, 0.5) is 0 Å². The van der Waals surface area contributed by atoms with E-state index in [1.54, 1.807) is 0 Å². The van der Waals surface area contributed by atoms with Gasteiger partial charge in [0, 0.05) is 6.42 Å². The van der Waals surface area contributed by atoms with Crippen molar-refractivity contribution in [3.63, 3.8) is 0 Å². The first kappa shape index (κ1) is 11.6. The molecule has 3 heteroatoms. The van der Waals surface area contributed by atoms with Crippen molar-refractivity contribution in [2.45, 2.75) is 38.5 Å². The van der Waals surface area contributed by atoms with Crippen molar-refractivity contribution in [2.24, 2.45) is 5.92 Å². The van der Waals surface area contributed by atoms with Crippen LogP contribution < -0.4 is 5.32 Å². The topological polar surface area (TPSA) is 38.3 Å². The quantitative estimate of drug-likeness (QED) is 0.792. The summed E-state index contributed by atoms with van der Waals surface area (Å²) in [6.07, 6.45) is 8.12. The highest BCUT2D eigenvalue weighted by molar-refractivity contribution is 5.93. The predicted molar refractivity (Wildman–Crippen MR) is 63.1 cm³/mol. The lowest BCUT2D eigenvalue weighted by molar-refractivity contribution is -0.119. The minimum absolute atomic E-state index is 0.207. The molecule has 0 amide bonds. The second kappa shape index (κ2) is 6.04. The summed E-state index contributed by atoms with van der Waals surface area (Å²) >= 11 is 0. The number of rotatable bonds is 4. The van der Waals surface area contributed by atoms with Crippen molar-refractivity contribution in [1.82, 2.24) is 5.32 Å². The highest BCUT2D eigenvalue weighted by atomic mass is 16.5. The van der Waals surface area contributed by atoms with Crippen LogP contribution in [0.15, 0.2) is 11.8 Å². The Balaban J connectivity index is 1.72. The molecule has 2 heterocycles. The molecule has 0 radical (unpaired) electrons. The first-order chi connectivity index (χ1) is 7.86. The number of hydrogen-bond acceptors (Lipinski definition) is 3. The van der Waals surface area contributed by atoms with Crippen molar-refractivity contribution in [1.29, 1.82) is 0 Å². The van der Waals surface area contributed by atoms with Gasteiger partial charge in [0.1, 0.15) is 0 Å². The van der Waals surface area contributed by atoms with Gasteiger partial charge in [0.15, 0.2) is 11.5 Å². The molecule has 90 valence electrons. The Morgan fingerprint density at radius 2 is 2.25 bits per heavy atom. The van der Waals surface area contributed by atoms with Gasteiger partial charge in [-0.1, -0.05) is 0 Å². The third-order valence-electron chi connectivity index (χ3n) is 3.45. The molecule has 2 aliphatic heterocycles.